The number of amides is 3. The summed E-state index contributed by atoms with van der Waals surface area (Å²) in [4.78, 5) is 27.1. The first kappa shape index (κ1) is 19.3. The van der Waals surface area contributed by atoms with E-state index in [9.17, 15) is 9.59 Å². The van der Waals surface area contributed by atoms with Gasteiger partial charge in [0.1, 0.15) is 12.1 Å². The number of aromatic nitrogens is 2. The number of hydrogen-bond acceptors (Lipinski definition) is 5. The molecule has 1 aromatic heterocycles. The van der Waals surface area contributed by atoms with Gasteiger partial charge in [0.25, 0.3) is 5.91 Å². The summed E-state index contributed by atoms with van der Waals surface area (Å²) in [6.07, 6.45) is 1.24. The number of imide groups is 1. The summed E-state index contributed by atoms with van der Waals surface area (Å²) in [5, 5.41) is 11.0. The van der Waals surface area contributed by atoms with Gasteiger partial charge in [0.2, 0.25) is 11.8 Å². The fourth-order valence-electron chi connectivity index (χ4n) is 3.57. The van der Waals surface area contributed by atoms with Gasteiger partial charge in [0.15, 0.2) is 0 Å². The van der Waals surface area contributed by atoms with Gasteiger partial charge in [-0.25, -0.2) is 4.79 Å². The monoisotopic (exact) mass is 454 g/mol. The van der Waals surface area contributed by atoms with Crippen LogP contribution in [0.1, 0.15) is 31.2 Å². The van der Waals surface area contributed by atoms with Crippen molar-refractivity contribution < 1.29 is 14.0 Å². The lowest BCUT2D eigenvalue weighted by molar-refractivity contribution is -0.132. The van der Waals surface area contributed by atoms with Crippen LogP contribution in [0.3, 0.4) is 0 Å². The Hall–Kier alpha value is -3.00. The first-order valence-electron chi connectivity index (χ1n) is 9.32. The van der Waals surface area contributed by atoms with E-state index in [1.165, 1.54) is 0 Å². The van der Waals surface area contributed by atoms with E-state index in [2.05, 4.69) is 31.4 Å². The van der Waals surface area contributed by atoms with Crippen LogP contribution < -0.4 is 5.32 Å². The molecule has 3 aromatic rings. The van der Waals surface area contributed by atoms with Crippen LogP contribution in [0.2, 0.25) is 0 Å². The average Bonchev–Trinajstić information content (AvgIpc) is 3.29. The van der Waals surface area contributed by atoms with E-state index in [1.807, 2.05) is 61.5 Å². The topological polar surface area (TPSA) is 88.3 Å². The molecule has 148 valence electrons. The number of benzene rings is 2. The maximum Gasteiger partial charge on any atom is 0.325 e. The minimum Gasteiger partial charge on any atom is -0.419 e. The van der Waals surface area contributed by atoms with Gasteiger partial charge in [-0.2, -0.15) is 0 Å². The van der Waals surface area contributed by atoms with E-state index < -0.39 is 11.6 Å². The number of nitrogens with zero attached hydrogens (tertiary/aromatic N) is 3. The summed E-state index contributed by atoms with van der Waals surface area (Å²) in [6.45, 7) is 1.90. The third-order valence-corrected chi connectivity index (χ3v) is 5.62. The first-order valence-corrected chi connectivity index (χ1v) is 10.1. The summed E-state index contributed by atoms with van der Waals surface area (Å²) in [7, 11) is 0. The highest BCUT2D eigenvalue weighted by atomic mass is 79.9. The molecule has 1 aliphatic heterocycles. The van der Waals surface area contributed by atoms with E-state index in [-0.39, 0.29) is 18.3 Å². The van der Waals surface area contributed by atoms with Crippen LogP contribution in [0.15, 0.2) is 63.5 Å². The number of nitrogens with one attached hydrogen (secondary N) is 1. The van der Waals surface area contributed by atoms with E-state index in [1.54, 1.807) is 0 Å². The Morgan fingerprint density at radius 2 is 1.79 bits per heavy atom. The molecular formula is C21H19BrN4O3. The lowest BCUT2D eigenvalue weighted by Crippen LogP contribution is -2.43. The Labute approximate surface area is 176 Å². The van der Waals surface area contributed by atoms with Crippen molar-refractivity contribution in [3.63, 3.8) is 0 Å². The number of hydrogen-bond donors (Lipinski definition) is 1. The van der Waals surface area contributed by atoms with Crippen molar-refractivity contribution in [3.05, 3.63) is 70.5 Å². The molecule has 0 spiro atoms. The maximum absolute atomic E-state index is 13.3. The highest BCUT2D eigenvalue weighted by Gasteiger charge is 2.52. The zero-order valence-corrected chi connectivity index (χ0v) is 17.3. The second kappa shape index (κ2) is 7.79. The van der Waals surface area contributed by atoms with Crippen LogP contribution in [-0.2, 0) is 16.9 Å². The molecule has 1 aliphatic rings. The molecular weight excluding hydrogens is 436 g/mol. The highest BCUT2D eigenvalue weighted by molar-refractivity contribution is 9.10. The van der Waals surface area contributed by atoms with Gasteiger partial charge in [0.05, 0.1) is 5.56 Å². The Balaban J connectivity index is 1.61. The molecule has 0 bridgehead atoms. The molecule has 1 fully saturated rings. The molecule has 8 heteroatoms. The normalized spacial score (nSPS) is 18.9. The van der Waals surface area contributed by atoms with Gasteiger partial charge in [-0.05, 0) is 40.0 Å². The maximum atomic E-state index is 13.3. The Bertz CT molecular complexity index is 1050. The summed E-state index contributed by atoms with van der Waals surface area (Å²) in [5.74, 6) is 0.207. The quantitative estimate of drug-likeness (QED) is 0.562. The molecule has 1 N–H and O–H groups in total. The third kappa shape index (κ3) is 3.44. The molecule has 7 nitrogen and oxygen atoms in total. The van der Waals surface area contributed by atoms with Gasteiger partial charge in [-0.15, -0.1) is 10.2 Å². The predicted molar refractivity (Wildman–Crippen MR) is 110 cm³/mol. The molecule has 4 rings (SSSR count). The van der Waals surface area contributed by atoms with Gasteiger partial charge in [0, 0.05) is 4.47 Å². The number of rotatable bonds is 6. The van der Waals surface area contributed by atoms with Crippen molar-refractivity contribution in [2.24, 2.45) is 0 Å². The second-order valence-corrected chi connectivity index (χ2v) is 7.68. The molecule has 1 saturated heterocycles. The van der Waals surface area contributed by atoms with Crippen molar-refractivity contribution in [3.8, 4) is 11.5 Å². The molecule has 0 radical (unpaired) electrons. The highest BCUT2D eigenvalue weighted by Crippen LogP contribution is 2.34. The summed E-state index contributed by atoms with van der Waals surface area (Å²) in [5.41, 5.74) is 0.438. The van der Waals surface area contributed by atoms with Gasteiger partial charge >= 0.3 is 6.03 Å². The molecule has 1 atom stereocenters. The van der Waals surface area contributed by atoms with E-state index in [4.69, 9.17) is 4.42 Å². The largest absolute Gasteiger partial charge is 0.419 e. The number of carbonyl (C=O) groups excluding carboxylic acids is 2. The third-order valence-electron chi connectivity index (χ3n) is 4.93. The van der Waals surface area contributed by atoms with Crippen molar-refractivity contribution in [1.82, 2.24) is 20.4 Å². The van der Waals surface area contributed by atoms with E-state index in [0.29, 0.717) is 12.3 Å². The minimum atomic E-state index is -1.07. The summed E-state index contributed by atoms with van der Waals surface area (Å²) < 4.78 is 6.53. The van der Waals surface area contributed by atoms with Gasteiger partial charge < -0.3 is 9.73 Å². The fourth-order valence-corrected chi connectivity index (χ4v) is 4.03. The van der Waals surface area contributed by atoms with Crippen molar-refractivity contribution >= 4 is 27.9 Å². The van der Waals surface area contributed by atoms with Crippen LogP contribution in [0.25, 0.3) is 11.5 Å². The van der Waals surface area contributed by atoms with Crippen molar-refractivity contribution in [2.75, 3.05) is 0 Å². The lowest BCUT2D eigenvalue weighted by atomic mass is 9.85. The molecule has 0 saturated carbocycles. The number of urea groups is 1. The molecule has 0 aliphatic carbocycles. The van der Waals surface area contributed by atoms with Gasteiger partial charge in [-0.1, -0.05) is 55.8 Å². The van der Waals surface area contributed by atoms with Crippen LogP contribution >= 0.6 is 15.9 Å². The van der Waals surface area contributed by atoms with Gasteiger partial charge in [-0.3, -0.25) is 9.69 Å². The Morgan fingerprint density at radius 1 is 1.07 bits per heavy atom. The van der Waals surface area contributed by atoms with E-state index >= 15 is 0 Å². The van der Waals surface area contributed by atoms with Crippen molar-refractivity contribution in [1.29, 1.82) is 0 Å². The number of carbonyl (C=O) groups is 2. The van der Waals surface area contributed by atoms with Crippen LogP contribution in [0.5, 0.6) is 0 Å². The van der Waals surface area contributed by atoms with Crippen LogP contribution in [0.4, 0.5) is 4.79 Å². The fraction of sp³-hybridized carbons (Fsp3) is 0.238. The second-order valence-electron chi connectivity index (χ2n) is 6.82. The van der Waals surface area contributed by atoms with Crippen LogP contribution in [0, 0.1) is 0 Å². The molecule has 2 aromatic carbocycles. The smallest absolute Gasteiger partial charge is 0.325 e. The van der Waals surface area contributed by atoms with Crippen molar-refractivity contribution in [2.45, 2.75) is 31.8 Å². The Kier molecular flexibility index (Phi) is 5.19. The zero-order valence-electron chi connectivity index (χ0n) is 15.8. The lowest BCUT2D eigenvalue weighted by Gasteiger charge is -2.26. The van der Waals surface area contributed by atoms with Crippen LogP contribution in [-0.4, -0.2) is 27.0 Å². The molecule has 2 heterocycles. The number of halogens is 1. The summed E-state index contributed by atoms with van der Waals surface area (Å²) in [6, 6.07) is 16.3. The zero-order chi connectivity index (χ0) is 20.4. The first-order chi connectivity index (χ1) is 14.0. The Morgan fingerprint density at radius 3 is 2.52 bits per heavy atom. The summed E-state index contributed by atoms with van der Waals surface area (Å²) >= 11 is 3.45. The minimum absolute atomic E-state index is 0.0829. The average molecular weight is 455 g/mol. The predicted octanol–water partition coefficient (Wildman–Crippen LogP) is 4.25. The standard InChI is InChI=1S/C21H19BrN4O3/c1-2-12-21(14-8-4-3-5-9-14)19(27)26(20(28)23-21)13-17-24-25-18(29-17)15-10-6-7-11-16(15)22/h3-11H,2,12-13H2,1H3,(H,23,28). The molecule has 3 amide bonds. The SMILES string of the molecule is CCCC1(c2ccccc2)NC(=O)N(Cc2nnc(-c3ccccc3Br)o2)C1=O. The molecule has 1 unspecified atom stereocenters. The van der Waals surface area contributed by atoms with E-state index in [0.717, 1.165) is 26.9 Å². The molecule has 29 heavy (non-hydrogen) atoms.